The van der Waals surface area contributed by atoms with Crippen LogP contribution in [0.15, 0.2) is 97.1 Å². The van der Waals surface area contributed by atoms with Crippen LogP contribution in [0.25, 0.3) is 32.3 Å². The summed E-state index contributed by atoms with van der Waals surface area (Å²) in [5.74, 6) is 0. The van der Waals surface area contributed by atoms with Gasteiger partial charge >= 0.3 is 0 Å². The van der Waals surface area contributed by atoms with Crippen molar-refractivity contribution in [3.8, 4) is 0 Å². The van der Waals surface area contributed by atoms with E-state index in [1.54, 1.807) is 0 Å². The van der Waals surface area contributed by atoms with Gasteiger partial charge in [0.05, 0.1) is 5.69 Å². The summed E-state index contributed by atoms with van der Waals surface area (Å²) in [6.45, 7) is 11.0. The first-order chi connectivity index (χ1) is 17.4. The SMILES string of the molecule is Cc1ccc(N(c2ccc(C)c(C)c2)c2cc3c4ccccc4c(C)cc3c3ccccc23)cc1C. The molecule has 0 amide bonds. The minimum atomic E-state index is 1.18. The first kappa shape index (κ1) is 22.4. The molecule has 0 aliphatic rings. The Kier molecular flexibility index (Phi) is 5.30. The molecule has 36 heavy (non-hydrogen) atoms. The average Bonchev–Trinajstić information content (AvgIpc) is 2.89. The van der Waals surface area contributed by atoms with Crippen molar-refractivity contribution in [3.63, 3.8) is 0 Å². The monoisotopic (exact) mass is 465 g/mol. The molecular weight excluding hydrogens is 434 g/mol. The largest absolute Gasteiger partial charge is 0.310 e. The second kappa shape index (κ2) is 8.53. The van der Waals surface area contributed by atoms with Crippen LogP contribution in [0, 0.1) is 34.6 Å². The van der Waals surface area contributed by atoms with Gasteiger partial charge in [0.1, 0.15) is 0 Å². The van der Waals surface area contributed by atoms with E-state index in [9.17, 15) is 0 Å². The minimum absolute atomic E-state index is 1.18. The van der Waals surface area contributed by atoms with Gasteiger partial charge in [-0.05, 0) is 120 Å². The molecule has 1 nitrogen and oxygen atoms in total. The standard InChI is InChI=1S/C35H31N/c1-22-14-16-27(18-24(22)3)36(28-17-15-23(2)25(4)19-28)35-21-34-30-11-7-6-10-29(30)26(5)20-33(34)31-12-8-9-13-32(31)35/h6-21H,1-5H3. The van der Waals surface area contributed by atoms with Crippen LogP contribution in [0.2, 0.25) is 0 Å². The lowest BCUT2D eigenvalue weighted by Gasteiger charge is -2.29. The average molecular weight is 466 g/mol. The summed E-state index contributed by atoms with van der Waals surface area (Å²) < 4.78 is 0. The Bertz CT molecular complexity index is 1740. The number of hydrogen-bond acceptors (Lipinski definition) is 1. The summed E-state index contributed by atoms with van der Waals surface area (Å²) in [7, 11) is 0. The van der Waals surface area contributed by atoms with Crippen LogP contribution in [-0.4, -0.2) is 0 Å². The molecule has 0 unspecified atom stereocenters. The minimum Gasteiger partial charge on any atom is -0.310 e. The number of aryl methyl sites for hydroxylation is 5. The summed E-state index contributed by atoms with van der Waals surface area (Å²) in [5, 5.41) is 7.77. The number of anilines is 3. The van der Waals surface area contributed by atoms with Crippen LogP contribution in [0.5, 0.6) is 0 Å². The van der Waals surface area contributed by atoms with E-state index in [2.05, 4.69) is 137 Å². The van der Waals surface area contributed by atoms with Crippen molar-refractivity contribution < 1.29 is 0 Å². The molecule has 176 valence electrons. The smallest absolute Gasteiger partial charge is 0.0546 e. The molecule has 6 aromatic carbocycles. The Hall–Kier alpha value is -4.10. The number of hydrogen-bond donors (Lipinski definition) is 0. The molecule has 6 aromatic rings. The molecular formula is C35H31N. The van der Waals surface area contributed by atoms with Crippen LogP contribution in [-0.2, 0) is 0 Å². The van der Waals surface area contributed by atoms with Gasteiger partial charge in [0.25, 0.3) is 0 Å². The fourth-order valence-electron chi connectivity index (χ4n) is 5.45. The van der Waals surface area contributed by atoms with Gasteiger partial charge in [-0.2, -0.15) is 0 Å². The van der Waals surface area contributed by atoms with Crippen molar-refractivity contribution in [2.45, 2.75) is 34.6 Å². The topological polar surface area (TPSA) is 3.24 Å². The van der Waals surface area contributed by atoms with Crippen molar-refractivity contribution in [2.24, 2.45) is 0 Å². The highest BCUT2D eigenvalue weighted by atomic mass is 15.1. The number of fused-ring (bicyclic) bond motifs is 5. The number of rotatable bonds is 3. The van der Waals surface area contributed by atoms with E-state index in [-0.39, 0.29) is 0 Å². The zero-order valence-electron chi connectivity index (χ0n) is 21.7. The van der Waals surface area contributed by atoms with Crippen molar-refractivity contribution in [1.29, 1.82) is 0 Å². The van der Waals surface area contributed by atoms with Crippen molar-refractivity contribution in [1.82, 2.24) is 0 Å². The Morgan fingerprint density at radius 2 is 0.833 bits per heavy atom. The first-order valence-corrected chi connectivity index (χ1v) is 12.7. The molecule has 0 N–H and O–H groups in total. The molecule has 0 aliphatic heterocycles. The maximum Gasteiger partial charge on any atom is 0.0546 e. The van der Waals surface area contributed by atoms with Crippen LogP contribution in [0.1, 0.15) is 27.8 Å². The fourth-order valence-corrected chi connectivity index (χ4v) is 5.45. The third-order valence-electron chi connectivity index (χ3n) is 7.81. The van der Waals surface area contributed by atoms with E-state index < -0.39 is 0 Å². The van der Waals surface area contributed by atoms with Crippen LogP contribution < -0.4 is 4.90 Å². The molecule has 0 aromatic heterocycles. The normalized spacial score (nSPS) is 11.5. The predicted molar refractivity (Wildman–Crippen MR) is 157 cm³/mol. The second-order valence-corrected chi connectivity index (χ2v) is 10.1. The highest BCUT2D eigenvalue weighted by Gasteiger charge is 2.19. The lowest BCUT2D eigenvalue weighted by atomic mass is 9.92. The van der Waals surface area contributed by atoms with E-state index in [1.807, 2.05) is 0 Å². The van der Waals surface area contributed by atoms with E-state index >= 15 is 0 Å². The van der Waals surface area contributed by atoms with Crippen molar-refractivity contribution >= 4 is 49.4 Å². The molecule has 0 bridgehead atoms. The van der Waals surface area contributed by atoms with Crippen LogP contribution in [0.3, 0.4) is 0 Å². The van der Waals surface area contributed by atoms with Crippen molar-refractivity contribution in [3.05, 3.63) is 125 Å². The third kappa shape index (κ3) is 3.55. The molecule has 0 atom stereocenters. The third-order valence-corrected chi connectivity index (χ3v) is 7.81. The van der Waals surface area contributed by atoms with Crippen molar-refractivity contribution in [2.75, 3.05) is 4.90 Å². The zero-order chi connectivity index (χ0) is 25.0. The highest BCUT2D eigenvalue weighted by Crippen LogP contribution is 2.44. The summed E-state index contributed by atoms with van der Waals surface area (Å²) in [6.07, 6.45) is 0. The van der Waals surface area contributed by atoms with E-state index in [0.717, 1.165) is 0 Å². The highest BCUT2D eigenvalue weighted by molar-refractivity contribution is 6.22. The molecule has 0 saturated heterocycles. The molecule has 0 fully saturated rings. The maximum atomic E-state index is 2.44. The maximum absolute atomic E-state index is 2.44. The molecule has 0 radical (unpaired) electrons. The lowest BCUT2D eigenvalue weighted by molar-refractivity contribution is 1.24. The van der Waals surface area contributed by atoms with Crippen LogP contribution in [0.4, 0.5) is 17.1 Å². The Morgan fingerprint density at radius 3 is 1.39 bits per heavy atom. The summed E-state index contributed by atoms with van der Waals surface area (Å²) in [5.41, 5.74) is 10.1. The Morgan fingerprint density at radius 1 is 0.361 bits per heavy atom. The van der Waals surface area contributed by atoms with Gasteiger partial charge in [0, 0.05) is 16.8 Å². The lowest BCUT2D eigenvalue weighted by Crippen LogP contribution is -2.11. The Labute approximate surface area is 213 Å². The van der Waals surface area contributed by atoms with Gasteiger partial charge in [0.15, 0.2) is 0 Å². The van der Waals surface area contributed by atoms with E-state index in [1.165, 1.54) is 77.2 Å². The molecule has 6 rings (SSSR count). The van der Waals surface area contributed by atoms with Gasteiger partial charge in [-0.25, -0.2) is 0 Å². The number of nitrogens with zero attached hydrogens (tertiary/aromatic N) is 1. The quantitative estimate of drug-likeness (QED) is 0.235. The molecule has 0 aliphatic carbocycles. The summed E-state index contributed by atoms with van der Waals surface area (Å²) in [4.78, 5) is 2.44. The van der Waals surface area contributed by atoms with E-state index in [4.69, 9.17) is 0 Å². The summed E-state index contributed by atoms with van der Waals surface area (Å²) >= 11 is 0. The van der Waals surface area contributed by atoms with Gasteiger partial charge in [-0.3, -0.25) is 0 Å². The fraction of sp³-hybridized carbons (Fsp3) is 0.143. The predicted octanol–water partition coefficient (Wildman–Crippen LogP) is 10.2. The van der Waals surface area contributed by atoms with Crippen LogP contribution >= 0.6 is 0 Å². The van der Waals surface area contributed by atoms with E-state index in [0.29, 0.717) is 0 Å². The van der Waals surface area contributed by atoms with Gasteiger partial charge in [-0.1, -0.05) is 66.7 Å². The molecule has 0 saturated carbocycles. The molecule has 1 heteroatoms. The zero-order valence-corrected chi connectivity index (χ0v) is 21.7. The van der Waals surface area contributed by atoms with Gasteiger partial charge in [0.2, 0.25) is 0 Å². The number of benzene rings is 6. The Balaban J connectivity index is 1.76. The summed E-state index contributed by atoms with van der Waals surface area (Å²) in [6, 6.07) is 36.0. The molecule has 0 heterocycles. The van der Waals surface area contributed by atoms with Gasteiger partial charge < -0.3 is 4.90 Å². The second-order valence-electron chi connectivity index (χ2n) is 10.1. The first-order valence-electron chi connectivity index (χ1n) is 12.7. The van der Waals surface area contributed by atoms with Gasteiger partial charge in [-0.15, -0.1) is 0 Å². The molecule has 0 spiro atoms.